The second-order valence-electron chi connectivity index (χ2n) is 4.33. The van der Waals surface area contributed by atoms with Crippen LogP contribution >= 0.6 is 11.8 Å². The molecule has 0 N–H and O–H groups in total. The lowest BCUT2D eigenvalue weighted by Crippen LogP contribution is -2.03. The van der Waals surface area contributed by atoms with E-state index in [9.17, 15) is 9.18 Å². The zero-order valence-electron chi connectivity index (χ0n) is 11.4. The van der Waals surface area contributed by atoms with E-state index in [0.29, 0.717) is 5.56 Å². The van der Waals surface area contributed by atoms with Crippen LogP contribution in [0.25, 0.3) is 0 Å². The summed E-state index contributed by atoms with van der Waals surface area (Å²) >= 11 is 1.46. The number of Topliss-reactive ketones (excluding diaryl/α,β-unsaturated/α-hetero) is 1. The van der Waals surface area contributed by atoms with Crippen LogP contribution in [0.1, 0.15) is 15.9 Å². The molecule has 0 unspecified atom stereocenters. The smallest absolute Gasteiger partial charge is 0.173 e. The highest BCUT2D eigenvalue weighted by Gasteiger charge is 2.11. The van der Waals surface area contributed by atoms with Crippen LogP contribution in [0.15, 0.2) is 47.4 Å². The molecular formula is C16H15FO2S. The lowest BCUT2D eigenvalue weighted by Gasteiger charge is -2.06. The summed E-state index contributed by atoms with van der Waals surface area (Å²) < 4.78 is 18.4. The third-order valence-corrected chi connectivity index (χ3v) is 4.10. The number of hydrogen-bond donors (Lipinski definition) is 0. The maximum Gasteiger partial charge on any atom is 0.173 e. The van der Waals surface area contributed by atoms with Crippen LogP contribution < -0.4 is 4.74 Å². The Morgan fingerprint density at radius 1 is 1.25 bits per heavy atom. The van der Waals surface area contributed by atoms with Gasteiger partial charge in [0.05, 0.1) is 12.9 Å². The second kappa shape index (κ2) is 6.57. The van der Waals surface area contributed by atoms with E-state index in [1.54, 1.807) is 6.07 Å². The van der Waals surface area contributed by atoms with Crippen LogP contribution in [0.2, 0.25) is 0 Å². The van der Waals surface area contributed by atoms with Crippen molar-refractivity contribution in [2.75, 3.05) is 12.9 Å². The van der Waals surface area contributed by atoms with Gasteiger partial charge in [-0.15, -0.1) is 11.8 Å². The minimum atomic E-state index is -0.515. The van der Waals surface area contributed by atoms with Crippen molar-refractivity contribution in [2.24, 2.45) is 0 Å². The summed E-state index contributed by atoms with van der Waals surface area (Å²) in [5.41, 5.74) is 1.50. The standard InChI is InChI=1S/C16H15FO2S/c1-11-5-3-4-6-16(11)20-10-14(18)12-7-8-15(19-2)13(17)9-12/h3-9H,10H2,1-2H3. The van der Waals surface area contributed by atoms with Gasteiger partial charge >= 0.3 is 0 Å². The van der Waals surface area contributed by atoms with Crippen LogP contribution in [-0.2, 0) is 0 Å². The maximum absolute atomic E-state index is 13.6. The van der Waals surface area contributed by atoms with Gasteiger partial charge in [0.2, 0.25) is 0 Å². The Hall–Kier alpha value is -1.81. The Balaban J connectivity index is 2.05. The fraction of sp³-hybridized carbons (Fsp3) is 0.188. The Labute approximate surface area is 122 Å². The number of ether oxygens (including phenoxy) is 1. The molecule has 0 heterocycles. The van der Waals surface area contributed by atoms with Gasteiger partial charge in [0.15, 0.2) is 17.3 Å². The molecular weight excluding hydrogens is 275 g/mol. The third-order valence-electron chi connectivity index (χ3n) is 2.93. The van der Waals surface area contributed by atoms with E-state index in [4.69, 9.17) is 4.74 Å². The summed E-state index contributed by atoms with van der Waals surface area (Å²) in [5.74, 6) is -0.177. The van der Waals surface area contributed by atoms with Crippen LogP contribution in [0.3, 0.4) is 0 Å². The average molecular weight is 290 g/mol. The predicted octanol–water partition coefficient (Wildman–Crippen LogP) is 4.12. The lowest BCUT2D eigenvalue weighted by molar-refractivity contribution is 0.102. The fourth-order valence-corrected chi connectivity index (χ4v) is 2.71. The zero-order chi connectivity index (χ0) is 14.5. The van der Waals surface area contributed by atoms with Crippen molar-refractivity contribution >= 4 is 17.5 Å². The first kappa shape index (κ1) is 14.6. The number of rotatable bonds is 5. The van der Waals surface area contributed by atoms with Crippen LogP contribution in [0.4, 0.5) is 4.39 Å². The van der Waals surface area contributed by atoms with Crippen molar-refractivity contribution in [3.63, 3.8) is 0 Å². The van der Waals surface area contributed by atoms with E-state index in [0.717, 1.165) is 10.5 Å². The van der Waals surface area contributed by atoms with Gasteiger partial charge in [-0.3, -0.25) is 4.79 Å². The van der Waals surface area contributed by atoms with Crippen molar-refractivity contribution in [3.05, 3.63) is 59.4 Å². The molecule has 2 aromatic carbocycles. The molecule has 0 spiro atoms. The molecule has 20 heavy (non-hydrogen) atoms. The highest BCUT2D eigenvalue weighted by molar-refractivity contribution is 8.00. The Bertz CT molecular complexity index is 626. The SMILES string of the molecule is COc1ccc(C(=O)CSc2ccccc2C)cc1F. The van der Waals surface area contributed by atoms with Gasteiger partial charge < -0.3 is 4.74 Å². The Kier molecular flexibility index (Phi) is 4.79. The molecule has 4 heteroatoms. The highest BCUT2D eigenvalue weighted by Crippen LogP contribution is 2.24. The number of aryl methyl sites for hydroxylation is 1. The molecule has 0 aliphatic rings. The predicted molar refractivity (Wildman–Crippen MR) is 79.2 cm³/mol. The first-order valence-electron chi connectivity index (χ1n) is 6.17. The lowest BCUT2D eigenvalue weighted by atomic mass is 10.1. The summed E-state index contributed by atoms with van der Waals surface area (Å²) in [4.78, 5) is 13.1. The second-order valence-corrected chi connectivity index (χ2v) is 5.34. The number of carbonyl (C=O) groups excluding carboxylic acids is 1. The van der Waals surface area contributed by atoms with Gasteiger partial charge in [-0.1, -0.05) is 18.2 Å². The number of benzene rings is 2. The summed E-state index contributed by atoms with van der Waals surface area (Å²) in [6, 6.07) is 12.2. The van der Waals surface area contributed by atoms with E-state index in [1.807, 2.05) is 31.2 Å². The molecule has 2 rings (SSSR count). The maximum atomic E-state index is 13.6. The molecule has 0 fully saturated rings. The van der Waals surface area contributed by atoms with Crippen molar-refractivity contribution < 1.29 is 13.9 Å². The van der Waals surface area contributed by atoms with Gasteiger partial charge in [-0.25, -0.2) is 4.39 Å². The normalized spacial score (nSPS) is 10.3. The fourth-order valence-electron chi connectivity index (χ4n) is 1.78. The first-order valence-corrected chi connectivity index (χ1v) is 7.15. The van der Waals surface area contributed by atoms with Crippen molar-refractivity contribution in [1.29, 1.82) is 0 Å². The Morgan fingerprint density at radius 3 is 2.65 bits per heavy atom. The number of methoxy groups -OCH3 is 1. The monoisotopic (exact) mass is 290 g/mol. The van der Waals surface area contributed by atoms with Crippen LogP contribution in [-0.4, -0.2) is 18.6 Å². The molecule has 104 valence electrons. The average Bonchev–Trinajstić information content (AvgIpc) is 2.46. The number of hydrogen-bond acceptors (Lipinski definition) is 3. The van der Waals surface area contributed by atoms with Crippen molar-refractivity contribution in [2.45, 2.75) is 11.8 Å². The van der Waals surface area contributed by atoms with E-state index in [-0.39, 0.29) is 17.3 Å². The molecule has 0 aliphatic carbocycles. The molecule has 2 aromatic rings. The van der Waals surface area contributed by atoms with Gasteiger partial charge in [0.25, 0.3) is 0 Å². The molecule has 0 aliphatic heterocycles. The summed E-state index contributed by atoms with van der Waals surface area (Å²) in [5, 5.41) is 0. The summed E-state index contributed by atoms with van der Waals surface area (Å²) in [6.07, 6.45) is 0. The number of halogens is 1. The zero-order valence-corrected chi connectivity index (χ0v) is 12.2. The molecule has 0 saturated heterocycles. The number of ketones is 1. The van der Waals surface area contributed by atoms with E-state index in [1.165, 1.54) is 31.0 Å². The first-order chi connectivity index (χ1) is 9.61. The Morgan fingerprint density at radius 2 is 2.00 bits per heavy atom. The van der Waals surface area contributed by atoms with Gasteiger partial charge in [0.1, 0.15) is 0 Å². The summed E-state index contributed by atoms with van der Waals surface area (Å²) in [7, 11) is 1.40. The quantitative estimate of drug-likeness (QED) is 0.612. The minimum Gasteiger partial charge on any atom is -0.494 e. The molecule has 0 bridgehead atoms. The number of carbonyl (C=O) groups is 1. The molecule has 0 aromatic heterocycles. The molecule has 0 atom stereocenters. The van der Waals surface area contributed by atoms with E-state index < -0.39 is 5.82 Å². The van der Waals surface area contributed by atoms with Gasteiger partial charge in [-0.2, -0.15) is 0 Å². The largest absolute Gasteiger partial charge is 0.494 e. The molecule has 0 amide bonds. The van der Waals surface area contributed by atoms with Crippen molar-refractivity contribution in [1.82, 2.24) is 0 Å². The number of thioether (sulfide) groups is 1. The van der Waals surface area contributed by atoms with Gasteiger partial charge in [-0.05, 0) is 36.8 Å². The van der Waals surface area contributed by atoms with Crippen LogP contribution in [0.5, 0.6) is 5.75 Å². The topological polar surface area (TPSA) is 26.3 Å². The molecule has 0 saturated carbocycles. The molecule has 0 radical (unpaired) electrons. The van der Waals surface area contributed by atoms with Gasteiger partial charge in [0, 0.05) is 10.5 Å². The van der Waals surface area contributed by atoms with Crippen LogP contribution in [0, 0.1) is 12.7 Å². The van der Waals surface area contributed by atoms with E-state index >= 15 is 0 Å². The minimum absolute atomic E-state index is 0.0974. The van der Waals surface area contributed by atoms with Crippen molar-refractivity contribution in [3.8, 4) is 5.75 Å². The highest BCUT2D eigenvalue weighted by atomic mass is 32.2. The van der Waals surface area contributed by atoms with E-state index in [2.05, 4.69) is 0 Å². The molecule has 2 nitrogen and oxygen atoms in total. The third kappa shape index (κ3) is 3.39. The summed E-state index contributed by atoms with van der Waals surface area (Å²) in [6.45, 7) is 2.00.